The van der Waals surface area contributed by atoms with E-state index < -0.39 is 46.7 Å². The molecular weight excluding hydrogens is 470 g/mol. The second kappa shape index (κ2) is 8.11. The summed E-state index contributed by atoms with van der Waals surface area (Å²) < 4.78 is 8.48. The first-order chi connectivity index (χ1) is 17.7. The van der Waals surface area contributed by atoms with E-state index in [0.29, 0.717) is 18.5 Å². The first-order valence-corrected chi connectivity index (χ1v) is 12.7. The van der Waals surface area contributed by atoms with Gasteiger partial charge in [0.2, 0.25) is 17.4 Å². The quantitative estimate of drug-likeness (QED) is 0.283. The van der Waals surface area contributed by atoms with Gasteiger partial charge in [-0.2, -0.15) is 0 Å². The van der Waals surface area contributed by atoms with Crippen molar-refractivity contribution < 1.29 is 23.9 Å². The van der Waals surface area contributed by atoms with Crippen LogP contribution in [0.4, 0.5) is 5.69 Å². The Bertz CT molecular complexity index is 1460. The Labute approximate surface area is 214 Å². The highest BCUT2D eigenvalue weighted by Crippen LogP contribution is 2.61. The Balaban J connectivity index is 1.30. The smallest absolute Gasteiger partial charge is 0.265 e. The normalized spacial score (nSPS) is 28.6. The summed E-state index contributed by atoms with van der Waals surface area (Å²) in [6, 6.07) is 19.1. The number of nitrogens with zero attached hydrogens (tertiary/aromatic N) is 3. The van der Waals surface area contributed by atoms with E-state index in [0.717, 1.165) is 17.7 Å². The standard InChI is InChI=1S/C29H29N3O5/c1-18(33)29-24-23(25(34)32(26(24)35)20-12-5-4-6-13-20)28(37-29,31(3)27(29)36)16-10-9-14-21-17-19-11-7-8-15-22(19)30(21)2/h4-8,11-13,15,17,23-24H,9-10,14,16H2,1-3H3. The molecule has 0 spiro atoms. The highest BCUT2D eigenvalue weighted by atomic mass is 16.6. The van der Waals surface area contributed by atoms with Gasteiger partial charge in [-0.1, -0.05) is 36.4 Å². The third-order valence-corrected chi connectivity index (χ3v) is 8.56. The van der Waals surface area contributed by atoms with Crippen LogP contribution < -0.4 is 4.90 Å². The Morgan fingerprint density at radius 2 is 1.59 bits per heavy atom. The topological polar surface area (TPSA) is 88.9 Å². The van der Waals surface area contributed by atoms with Crippen molar-refractivity contribution in [2.45, 2.75) is 43.9 Å². The van der Waals surface area contributed by atoms with Crippen LogP contribution in [0.3, 0.4) is 0 Å². The molecule has 2 aromatic carbocycles. The van der Waals surface area contributed by atoms with Crippen LogP contribution in [-0.4, -0.2) is 51.3 Å². The fraction of sp³-hybridized carbons (Fsp3) is 0.379. The van der Waals surface area contributed by atoms with Gasteiger partial charge in [0, 0.05) is 25.3 Å². The number of hydrogen-bond acceptors (Lipinski definition) is 5. The monoisotopic (exact) mass is 499 g/mol. The molecule has 37 heavy (non-hydrogen) atoms. The van der Waals surface area contributed by atoms with Gasteiger partial charge < -0.3 is 14.2 Å². The summed E-state index contributed by atoms with van der Waals surface area (Å²) in [5, 5.41) is 1.18. The van der Waals surface area contributed by atoms with Crippen LogP contribution in [0.25, 0.3) is 10.9 Å². The van der Waals surface area contributed by atoms with Crippen LogP contribution in [0.15, 0.2) is 60.7 Å². The molecule has 0 N–H and O–H groups in total. The molecule has 4 heterocycles. The number of amides is 3. The number of benzene rings is 2. The van der Waals surface area contributed by atoms with E-state index in [1.165, 1.54) is 28.4 Å². The van der Waals surface area contributed by atoms with E-state index in [4.69, 9.17) is 4.74 Å². The van der Waals surface area contributed by atoms with Crippen LogP contribution in [-0.2, 0) is 37.4 Å². The predicted molar refractivity (Wildman–Crippen MR) is 136 cm³/mol. The van der Waals surface area contributed by atoms with E-state index in [1.54, 1.807) is 37.4 Å². The zero-order valence-electron chi connectivity index (χ0n) is 21.1. The lowest BCUT2D eigenvalue weighted by Gasteiger charge is -2.38. The van der Waals surface area contributed by atoms with Crippen molar-refractivity contribution in [1.82, 2.24) is 9.47 Å². The van der Waals surface area contributed by atoms with E-state index >= 15 is 0 Å². The second-order valence-corrected chi connectivity index (χ2v) is 10.4. The maximum Gasteiger partial charge on any atom is 0.265 e. The van der Waals surface area contributed by atoms with Gasteiger partial charge in [-0.3, -0.25) is 19.2 Å². The Kier molecular flexibility index (Phi) is 5.18. The van der Waals surface area contributed by atoms with Gasteiger partial charge in [-0.25, -0.2) is 4.90 Å². The van der Waals surface area contributed by atoms with Crippen molar-refractivity contribution in [2.75, 3.05) is 11.9 Å². The van der Waals surface area contributed by atoms with E-state index in [2.05, 4.69) is 22.8 Å². The Morgan fingerprint density at radius 3 is 2.30 bits per heavy atom. The van der Waals surface area contributed by atoms with E-state index in [1.807, 2.05) is 19.2 Å². The van der Waals surface area contributed by atoms with E-state index in [-0.39, 0.29) is 0 Å². The molecule has 3 aromatic rings. The summed E-state index contributed by atoms with van der Waals surface area (Å²) in [4.78, 5) is 56.4. The van der Waals surface area contributed by atoms with Crippen LogP contribution in [0.1, 0.15) is 31.9 Å². The molecule has 3 saturated heterocycles. The van der Waals surface area contributed by atoms with Crippen LogP contribution in [0, 0.1) is 11.8 Å². The molecule has 4 unspecified atom stereocenters. The molecule has 3 aliphatic heterocycles. The second-order valence-electron chi connectivity index (χ2n) is 10.4. The first kappa shape index (κ1) is 23.6. The highest BCUT2D eigenvalue weighted by Gasteiger charge is 2.83. The average Bonchev–Trinajstić information content (AvgIpc) is 3.55. The molecule has 2 bridgehead atoms. The lowest BCUT2D eigenvalue weighted by atomic mass is 9.71. The number of para-hydroxylation sites is 2. The molecule has 0 aliphatic carbocycles. The molecule has 0 radical (unpaired) electrons. The minimum atomic E-state index is -1.95. The first-order valence-electron chi connectivity index (χ1n) is 12.7. The SMILES string of the molecule is CC(=O)C12OC(CCCCc3cc4ccccc4n3C)(C3C(=O)N(c4ccccc4)C(=O)C31)N(C)C2=O. The fourth-order valence-corrected chi connectivity index (χ4v) is 6.73. The third kappa shape index (κ3) is 2.99. The van der Waals surface area contributed by atoms with Crippen molar-refractivity contribution in [3.05, 3.63) is 66.4 Å². The van der Waals surface area contributed by atoms with Crippen LogP contribution in [0.5, 0.6) is 0 Å². The number of unbranched alkanes of at least 4 members (excludes halogenated alkanes) is 1. The van der Waals surface area contributed by atoms with Gasteiger partial charge in [0.25, 0.3) is 5.91 Å². The molecule has 6 rings (SSSR count). The van der Waals surface area contributed by atoms with Gasteiger partial charge in [0.05, 0.1) is 5.69 Å². The number of fused-ring (bicyclic) bond motifs is 6. The van der Waals surface area contributed by atoms with Gasteiger partial charge in [-0.05, 0) is 62.3 Å². The summed E-state index contributed by atoms with van der Waals surface area (Å²) >= 11 is 0. The highest BCUT2D eigenvalue weighted by molar-refractivity contribution is 6.28. The zero-order valence-corrected chi connectivity index (χ0v) is 21.1. The number of carbonyl (C=O) groups excluding carboxylic acids is 4. The van der Waals surface area contributed by atoms with Crippen LogP contribution >= 0.6 is 0 Å². The van der Waals surface area contributed by atoms with Gasteiger partial charge in [0.1, 0.15) is 11.8 Å². The number of Topliss-reactive ketones (excluding diaryl/α,β-unsaturated/α-hetero) is 1. The molecule has 3 fully saturated rings. The summed E-state index contributed by atoms with van der Waals surface area (Å²) in [6.45, 7) is 1.27. The lowest BCUT2D eigenvalue weighted by molar-refractivity contribution is -0.155. The molecule has 1 aromatic heterocycles. The summed E-state index contributed by atoms with van der Waals surface area (Å²) in [7, 11) is 3.63. The predicted octanol–water partition coefficient (Wildman–Crippen LogP) is 3.22. The lowest BCUT2D eigenvalue weighted by Crippen LogP contribution is -2.60. The minimum absolute atomic E-state index is 0.358. The molecular formula is C29H29N3O5. The minimum Gasteiger partial charge on any atom is -0.348 e. The number of ether oxygens (including phenoxy) is 1. The zero-order chi connectivity index (χ0) is 26.1. The number of carbonyl (C=O) groups is 4. The van der Waals surface area contributed by atoms with Gasteiger partial charge in [0.15, 0.2) is 11.5 Å². The number of anilines is 1. The largest absolute Gasteiger partial charge is 0.348 e. The maximum absolute atomic E-state index is 13.8. The summed E-state index contributed by atoms with van der Waals surface area (Å²) in [5.74, 6) is -4.12. The summed E-state index contributed by atoms with van der Waals surface area (Å²) in [6.07, 6.45) is 2.63. The maximum atomic E-state index is 13.8. The van der Waals surface area contributed by atoms with Gasteiger partial charge in [-0.15, -0.1) is 0 Å². The molecule has 3 aliphatic rings. The third-order valence-electron chi connectivity index (χ3n) is 8.56. The molecule has 0 saturated carbocycles. The number of aromatic nitrogens is 1. The number of likely N-dealkylation sites (tertiary alicyclic amines) is 1. The number of likely N-dealkylation sites (N-methyl/N-ethyl adjacent to an activating group) is 1. The molecule has 8 heteroatoms. The van der Waals surface area contributed by atoms with E-state index in [9.17, 15) is 19.2 Å². The van der Waals surface area contributed by atoms with Crippen molar-refractivity contribution in [2.24, 2.45) is 18.9 Å². The number of ketones is 1. The summed E-state index contributed by atoms with van der Waals surface area (Å²) in [5.41, 5.74) is -0.485. The molecule has 190 valence electrons. The van der Waals surface area contributed by atoms with Crippen molar-refractivity contribution in [3.8, 4) is 0 Å². The molecule has 4 atom stereocenters. The van der Waals surface area contributed by atoms with Crippen molar-refractivity contribution in [3.63, 3.8) is 0 Å². The Hall–Kier alpha value is -3.78. The number of rotatable bonds is 7. The number of aryl methyl sites for hydroxylation is 2. The van der Waals surface area contributed by atoms with Crippen molar-refractivity contribution in [1.29, 1.82) is 0 Å². The van der Waals surface area contributed by atoms with Gasteiger partial charge >= 0.3 is 0 Å². The van der Waals surface area contributed by atoms with Crippen LogP contribution in [0.2, 0.25) is 0 Å². The number of imide groups is 1. The fourth-order valence-electron chi connectivity index (χ4n) is 6.73. The number of piperidine rings is 1. The molecule has 3 amide bonds. The Morgan fingerprint density at radius 1 is 0.919 bits per heavy atom. The average molecular weight is 500 g/mol. The number of hydrogen-bond donors (Lipinski definition) is 0. The molecule has 8 nitrogen and oxygen atoms in total. The van der Waals surface area contributed by atoms with Crippen molar-refractivity contribution >= 4 is 40.1 Å².